The van der Waals surface area contributed by atoms with Crippen LogP contribution in [0.3, 0.4) is 0 Å². The first-order chi connectivity index (χ1) is 13.6. The van der Waals surface area contributed by atoms with Crippen LogP contribution in [-0.4, -0.2) is 18.0 Å². The highest BCUT2D eigenvalue weighted by Crippen LogP contribution is 2.58. The number of hydrogen-bond donors (Lipinski definition) is 1. The SMILES string of the molecule is COc1ccccc1SNc1noc2c1CC1(CC1)c1ccc(C(C)=O)cc1-2. The van der Waals surface area contributed by atoms with Gasteiger partial charge in [0.05, 0.1) is 12.0 Å². The second kappa shape index (κ2) is 6.41. The number of nitrogens with one attached hydrogen (secondary N) is 1. The Hall–Kier alpha value is -2.73. The molecule has 1 heterocycles. The molecule has 0 bridgehead atoms. The van der Waals surface area contributed by atoms with E-state index in [0.29, 0.717) is 5.56 Å². The quantitative estimate of drug-likeness (QED) is 0.472. The number of Topliss-reactive ketones (excluding diaryl/α,β-unsaturated/α-hetero) is 1. The third-order valence-electron chi connectivity index (χ3n) is 5.73. The van der Waals surface area contributed by atoms with E-state index in [1.807, 2.05) is 36.4 Å². The smallest absolute Gasteiger partial charge is 0.183 e. The lowest BCUT2D eigenvalue weighted by Gasteiger charge is -2.24. The third kappa shape index (κ3) is 2.71. The summed E-state index contributed by atoms with van der Waals surface area (Å²) in [6, 6.07) is 13.8. The molecule has 5 nitrogen and oxygen atoms in total. The normalized spacial score (nSPS) is 15.6. The van der Waals surface area contributed by atoms with E-state index in [-0.39, 0.29) is 11.2 Å². The molecule has 0 saturated heterocycles. The maximum absolute atomic E-state index is 11.9. The van der Waals surface area contributed by atoms with Gasteiger partial charge in [-0.25, -0.2) is 0 Å². The summed E-state index contributed by atoms with van der Waals surface area (Å²) in [5.41, 5.74) is 4.25. The Morgan fingerprint density at radius 1 is 1.25 bits per heavy atom. The topological polar surface area (TPSA) is 64.4 Å². The Morgan fingerprint density at radius 2 is 2.07 bits per heavy atom. The third-order valence-corrected chi connectivity index (χ3v) is 6.58. The summed E-state index contributed by atoms with van der Waals surface area (Å²) in [6.45, 7) is 1.59. The number of nitrogens with zero attached hydrogens (tertiary/aromatic N) is 1. The number of rotatable bonds is 5. The van der Waals surface area contributed by atoms with Crippen molar-refractivity contribution in [3.05, 3.63) is 59.2 Å². The number of ketones is 1. The van der Waals surface area contributed by atoms with Crippen LogP contribution in [0.4, 0.5) is 5.82 Å². The van der Waals surface area contributed by atoms with Gasteiger partial charge in [-0.15, -0.1) is 0 Å². The van der Waals surface area contributed by atoms with Gasteiger partial charge in [-0.1, -0.05) is 29.4 Å². The van der Waals surface area contributed by atoms with Crippen molar-refractivity contribution in [3.8, 4) is 17.1 Å². The molecule has 142 valence electrons. The lowest BCUT2D eigenvalue weighted by Crippen LogP contribution is -2.18. The Bertz CT molecular complexity index is 1090. The molecule has 1 fully saturated rings. The Morgan fingerprint density at radius 3 is 2.82 bits per heavy atom. The van der Waals surface area contributed by atoms with Crippen molar-refractivity contribution in [2.45, 2.75) is 36.5 Å². The summed E-state index contributed by atoms with van der Waals surface area (Å²) in [4.78, 5) is 12.9. The van der Waals surface area contributed by atoms with Crippen molar-refractivity contribution in [3.63, 3.8) is 0 Å². The number of anilines is 1. The highest BCUT2D eigenvalue weighted by Gasteiger charge is 2.50. The van der Waals surface area contributed by atoms with Gasteiger partial charge in [0.2, 0.25) is 0 Å². The fraction of sp³-hybridized carbons (Fsp3) is 0.273. The lowest BCUT2D eigenvalue weighted by atomic mass is 9.78. The van der Waals surface area contributed by atoms with Gasteiger partial charge < -0.3 is 14.0 Å². The molecule has 1 aromatic heterocycles. The average Bonchev–Trinajstić information content (AvgIpc) is 3.37. The number of methoxy groups -OCH3 is 1. The van der Waals surface area contributed by atoms with E-state index in [1.54, 1.807) is 14.0 Å². The zero-order chi connectivity index (χ0) is 19.3. The molecule has 0 amide bonds. The van der Waals surface area contributed by atoms with Crippen molar-refractivity contribution in [1.82, 2.24) is 5.16 Å². The minimum atomic E-state index is 0.0596. The number of carbonyl (C=O) groups is 1. The van der Waals surface area contributed by atoms with Crippen LogP contribution in [0.2, 0.25) is 0 Å². The van der Waals surface area contributed by atoms with Crippen LogP contribution in [-0.2, 0) is 11.8 Å². The maximum Gasteiger partial charge on any atom is 0.183 e. The molecule has 0 atom stereocenters. The molecule has 28 heavy (non-hydrogen) atoms. The van der Waals surface area contributed by atoms with E-state index in [4.69, 9.17) is 9.26 Å². The average molecular weight is 392 g/mol. The van der Waals surface area contributed by atoms with Gasteiger partial charge in [-0.05, 0) is 61.9 Å². The monoisotopic (exact) mass is 392 g/mol. The Balaban J connectivity index is 1.51. The predicted octanol–water partition coefficient (Wildman–Crippen LogP) is 5.26. The van der Waals surface area contributed by atoms with Crippen LogP contribution in [0.1, 0.15) is 41.3 Å². The number of hydrogen-bond acceptors (Lipinski definition) is 6. The first kappa shape index (κ1) is 17.4. The first-order valence-electron chi connectivity index (χ1n) is 9.31. The van der Waals surface area contributed by atoms with Gasteiger partial charge in [0.25, 0.3) is 0 Å². The Kier molecular flexibility index (Phi) is 3.98. The van der Waals surface area contributed by atoms with Crippen LogP contribution >= 0.6 is 11.9 Å². The molecular weight excluding hydrogens is 372 g/mol. The molecule has 2 aliphatic carbocycles. The number of fused-ring (bicyclic) bond motifs is 4. The highest BCUT2D eigenvalue weighted by atomic mass is 32.2. The van der Waals surface area contributed by atoms with E-state index >= 15 is 0 Å². The fourth-order valence-corrected chi connectivity index (χ4v) is 4.78. The van der Waals surface area contributed by atoms with Crippen molar-refractivity contribution in [2.75, 3.05) is 11.8 Å². The van der Waals surface area contributed by atoms with Crippen LogP contribution in [0.15, 0.2) is 51.9 Å². The molecule has 2 aliphatic rings. The standard InChI is InChI=1S/C22H20N2O3S/c1-13(25)14-7-8-17-15(11-14)20-16(12-22(17)9-10-22)21(23-27-20)24-28-19-6-4-3-5-18(19)26-2/h3-8,11H,9-10,12H2,1-2H3,(H,23,24). The molecule has 5 rings (SSSR count). The van der Waals surface area contributed by atoms with E-state index in [0.717, 1.165) is 52.6 Å². The minimum Gasteiger partial charge on any atom is -0.496 e. The van der Waals surface area contributed by atoms with Gasteiger partial charge >= 0.3 is 0 Å². The van der Waals surface area contributed by atoms with Gasteiger partial charge in [0, 0.05) is 22.1 Å². The van der Waals surface area contributed by atoms with Gasteiger partial charge in [0.1, 0.15) is 5.75 Å². The van der Waals surface area contributed by atoms with Gasteiger partial charge in [-0.2, -0.15) is 0 Å². The zero-order valence-electron chi connectivity index (χ0n) is 15.7. The molecule has 0 aliphatic heterocycles. The summed E-state index contributed by atoms with van der Waals surface area (Å²) < 4.78 is 14.5. The molecule has 1 saturated carbocycles. The van der Waals surface area contributed by atoms with E-state index < -0.39 is 0 Å². The number of aromatic nitrogens is 1. The molecule has 2 aromatic carbocycles. The lowest BCUT2D eigenvalue weighted by molar-refractivity contribution is 0.101. The molecule has 1 spiro atoms. The predicted molar refractivity (Wildman–Crippen MR) is 109 cm³/mol. The molecule has 3 aromatic rings. The first-order valence-corrected chi connectivity index (χ1v) is 10.1. The number of carbonyl (C=O) groups excluding carboxylic acids is 1. The van der Waals surface area contributed by atoms with E-state index in [9.17, 15) is 4.79 Å². The molecule has 0 radical (unpaired) electrons. The number of ether oxygens (including phenoxy) is 1. The largest absolute Gasteiger partial charge is 0.496 e. The number of para-hydroxylation sites is 1. The zero-order valence-corrected chi connectivity index (χ0v) is 16.6. The highest BCUT2D eigenvalue weighted by molar-refractivity contribution is 8.00. The molecule has 1 N–H and O–H groups in total. The van der Waals surface area contributed by atoms with Gasteiger partial charge in [-0.3, -0.25) is 4.79 Å². The summed E-state index contributed by atoms with van der Waals surface area (Å²) >= 11 is 1.46. The van der Waals surface area contributed by atoms with Crippen molar-refractivity contribution < 1.29 is 14.1 Å². The summed E-state index contributed by atoms with van der Waals surface area (Å²) in [7, 11) is 1.66. The van der Waals surface area contributed by atoms with Crippen LogP contribution in [0, 0.1) is 0 Å². The van der Waals surface area contributed by atoms with E-state index in [2.05, 4.69) is 15.9 Å². The second-order valence-corrected chi connectivity index (χ2v) is 8.32. The molecular formula is C22H20N2O3S. The van der Waals surface area contributed by atoms with E-state index in [1.165, 1.54) is 17.5 Å². The molecule has 0 unspecified atom stereocenters. The summed E-state index contributed by atoms with van der Waals surface area (Å²) in [5, 5.41) is 4.30. The summed E-state index contributed by atoms with van der Waals surface area (Å²) in [6.07, 6.45) is 3.22. The summed E-state index contributed by atoms with van der Waals surface area (Å²) in [5.74, 6) is 2.40. The van der Waals surface area contributed by atoms with Crippen LogP contribution in [0.25, 0.3) is 11.3 Å². The minimum absolute atomic E-state index is 0.0596. The van der Waals surface area contributed by atoms with Crippen molar-refractivity contribution in [1.29, 1.82) is 0 Å². The Labute approximate surface area is 167 Å². The second-order valence-electron chi connectivity index (χ2n) is 7.47. The van der Waals surface area contributed by atoms with Gasteiger partial charge in [0.15, 0.2) is 17.4 Å². The number of benzene rings is 2. The molecule has 6 heteroatoms. The van der Waals surface area contributed by atoms with Crippen molar-refractivity contribution >= 4 is 23.5 Å². The van der Waals surface area contributed by atoms with Crippen LogP contribution in [0.5, 0.6) is 5.75 Å². The maximum atomic E-state index is 11.9. The fourth-order valence-electron chi connectivity index (χ4n) is 4.02. The van der Waals surface area contributed by atoms with Crippen LogP contribution < -0.4 is 9.46 Å². The van der Waals surface area contributed by atoms with Crippen molar-refractivity contribution in [2.24, 2.45) is 0 Å².